The maximum atomic E-state index is 11.6. The summed E-state index contributed by atoms with van der Waals surface area (Å²) in [7, 11) is 0. The number of Topliss-reactive ketones (excluding diaryl/α,β-unsaturated/α-hetero) is 1. The molecule has 1 aliphatic rings. The zero-order valence-corrected chi connectivity index (χ0v) is 15.1. The molecule has 122 valence electrons. The van der Waals surface area contributed by atoms with Gasteiger partial charge < -0.3 is 5.11 Å². The lowest BCUT2D eigenvalue weighted by molar-refractivity contribution is -0.122. The van der Waals surface area contributed by atoms with Crippen LogP contribution in [0.5, 0.6) is 0 Å². The predicted octanol–water partition coefficient (Wildman–Crippen LogP) is 4.31. The van der Waals surface area contributed by atoms with Gasteiger partial charge in [0.1, 0.15) is 5.78 Å². The van der Waals surface area contributed by atoms with E-state index in [0.29, 0.717) is 12.8 Å². The zero-order chi connectivity index (χ0) is 16.1. The minimum absolute atomic E-state index is 0.0763. The highest BCUT2D eigenvalue weighted by Crippen LogP contribution is 2.47. The molecule has 1 saturated heterocycles. The van der Waals surface area contributed by atoms with Crippen LogP contribution >= 0.6 is 23.5 Å². The third kappa shape index (κ3) is 5.64. The van der Waals surface area contributed by atoms with E-state index in [4.69, 9.17) is 0 Å². The summed E-state index contributed by atoms with van der Waals surface area (Å²) in [6.07, 6.45) is 3.41. The molecule has 2 nitrogen and oxygen atoms in total. The molecule has 0 spiro atoms. The quantitative estimate of drug-likeness (QED) is 0.766. The van der Waals surface area contributed by atoms with Crippen molar-refractivity contribution in [3.8, 4) is 0 Å². The van der Waals surface area contributed by atoms with Crippen molar-refractivity contribution in [2.45, 2.75) is 55.6 Å². The SMILES string of the molecule is CC(=O)CC(O)(CCc1ccccc1)CCC1(C)SCCS1. The Morgan fingerprint density at radius 2 is 1.86 bits per heavy atom. The summed E-state index contributed by atoms with van der Waals surface area (Å²) in [6.45, 7) is 3.84. The van der Waals surface area contributed by atoms with Crippen LogP contribution in [0, 0.1) is 0 Å². The third-order valence-electron chi connectivity index (χ3n) is 4.24. The molecule has 1 aromatic carbocycles. The standard InChI is InChI=1S/C18H26O2S2/c1-15(19)14-18(20,9-8-16-6-4-3-5-7-16)11-10-17(2)21-12-13-22-17/h3-7,20H,8-14H2,1-2H3. The van der Waals surface area contributed by atoms with Crippen molar-refractivity contribution >= 4 is 29.3 Å². The minimum atomic E-state index is -0.867. The van der Waals surface area contributed by atoms with Gasteiger partial charge in [0.05, 0.1) is 9.68 Å². The predicted molar refractivity (Wildman–Crippen MR) is 97.6 cm³/mol. The fraction of sp³-hybridized carbons (Fsp3) is 0.611. The minimum Gasteiger partial charge on any atom is -0.389 e. The van der Waals surface area contributed by atoms with Crippen molar-refractivity contribution in [1.29, 1.82) is 0 Å². The van der Waals surface area contributed by atoms with E-state index < -0.39 is 5.60 Å². The van der Waals surface area contributed by atoms with Crippen molar-refractivity contribution in [1.82, 2.24) is 0 Å². The van der Waals surface area contributed by atoms with Crippen molar-refractivity contribution in [3.05, 3.63) is 35.9 Å². The molecule has 0 amide bonds. The average molecular weight is 339 g/mol. The smallest absolute Gasteiger partial charge is 0.132 e. The van der Waals surface area contributed by atoms with E-state index in [1.54, 1.807) is 6.92 Å². The van der Waals surface area contributed by atoms with Crippen LogP contribution in [0.4, 0.5) is 0 Å². The van der Waals surface area contributed by atoms with Gasteiger partial charge in [-0.1, -0.05) is 30.3 Å². The molecule has 0 radical (unpaired) electrons. The van der Waals surface area contributed by atoms with Crippen LogP contribution in [0.3, 0.4) is 0 Å². The average Bonchev–Trinajstić information content (AvgIpc) is 2.91. The van der Waals surface area contributed by atoms with Crippen molar-refractivity contribution in [2.75, 3.05) is 11.5 Å². The van der Waals surface area contributed by atoms with E-state index in [1.165, 1.54) is 17.1 Å². The van der Waals surface area contributed by atoms with Gasteiger partial charge in [-0.05, 0) is 45.1 Å². The van der Waals surface area contributed by atoms with E-state index >= 15 is 0 Å². The number of ketones is 1. The lowest BCUT2D eigenvalue weighted by atomic mass is 9.85. The van der Waals surface area contributed by atoms with Crippen LogP contribution in [0.25, 0.3) is 0 Å². The summed E-state index contributed by atoms with van der Waals surface area (Å²) in [6, 6.07) is 10.2. The third-order valence-corrected chi connectivity index (χ3v) is 7.65. The molecule has 1 N–H and O–H groups in total. The van der Waals surface area contributed by atoms with Crippen LogP contribution in [-0.2, 0) is 11.2 Å². The summed E-state index contributed by atoms with van der Waals surface area (Å²) >= 11 is 3.97. The fourth-order valence-electron chi connectivity index (χ4n) is 2.95. The largest absolute Gasteiger partial charge is 0.389 e. The number of hydrogen-bond donors (Lipinski definition) is 1. The second-order valence-corrected chi connectivity index (χ2v) is 9.87. The van der Waals surface area contributed by atoms with Gasteiger partial charge in [-0.2, -0.15) is 0 Å². The normalized spacial score (nSPS) is 19.8. The van der Waals surface area contributed by atoms with Crippen molar-refractivity contribution < 1.29 is 9.90 Å². The molecule has 1 atom stereocenters. The van der Waals surface area contributed by atoms with E-state index in [2.05, 4.69) is 19.1 Å². The van der Waals surface area contributed by atoms with Crippen molar-refractivity contribution in [2.24, 2.45) is 0 Å². The molecule has 4 heteroatoms. The van der Waals surface area contributed by atoms with Crippen LogP contribution in [0.1, 0.15) is 45.1 Å². The number of thioether (sulfide) groups is 2. The summed E-state index contributed by atoms with van der Waals surface area (Å²) in [5, 5.41) is 11.0. The second kappa shape index (κ2) is 7.89. The maximum Gasteiger partial charge on any atom is 0.132 e. The first-order valence-electron chi connectivity index (χ1n) is 7.95. The number of carbonyl (C=O) groups is 1. The van der Waals surface area contributed by atoms with E-state index in [1.807, 2.05) is 41.7 Å². The summed E-state index contributed by atoms with van der Waals surface area (Å²) < 4.78 is 0.206. The van der Waals surface area contributed by atoms with Gasteiger partial charge in [0.15, 0.2) is 0 Å². The first kappa shape index (κ1) is 17.9. The Labute approximate surface area is 142 Å². The van der Waals surface area contributed by atoms with Gasteiger partial charge in [0.25, 0.3) is 0 Å². The lowest BCUT2D eigenvalue weighted by Gasteiger charge is -2.31. The molecule has 1 heterocycles. The fourth-order valence-corrected chi connectivity index (χ4v) is 5.80. The first-order chi connectivity index (χ1) is 10.4. The Bertz CT molecular complexity index is 483. The van der Waals surface area contributed by atoms with Gasteiger partial charge in [-0.3, -0.25) is 4.79 Å². The number of aliphatic hydroxyl groups is 1. The highest BCUT2D eigenvalue weighted by atomic mass is 32.2. The van der Waals surface area contributed by atoms with Crippen LogP contribution in [0.15, 0.2) is 30.3 Å². The molecular formula is C18H26O2S2. The molecule has 0 bridgehead atoms. The number of carbonyl (C=O) groups excluding carboxylic acids is 1. The summed E-state index contributed by atoms with van der Waals surface area (Å²) in [5.41, 5.74) is 0.356. The Morgan fingerprint density at radius 1 is 1.23 bits per heavy atom. The van der Waals surface area contributed by atoms with Gasteiger partial charge in [-0.15, -0.1) is 23.5 Å². The Hall–Kier alpha value is -0.450. The molecule has 0 saturated carbocycles. The zero-order valence-electron chi connectivity index (χ0n) is 13.5. The van der Waals surface area contributed by atoms with E-state index in [-0.39, 0.29) is 16.3 Å². The summed E-state index contributed by atoms with van der Waals surface area (Å²) in [5.74, 6) is 2.46. The van der Waals surface area contributed by atoms with Crippen LogP contribution in [0.2, 0.25) is 0 Å². The molecule has 0 aliphatic carbocycles. The number of hydrogen-bond acceptors (Lipinski definition) is 4. The molecule has 1 aromatic rings. The highest BCUT2D eigenvalue weighted by molar-refractivity contribution is 8.21. The molecule has 1 aliphatic heterocycles. The Kier molecular flexibility index (Phi) is 6.42. The second-order valence-electron chi connectivity index (χ2n) is 6.42. The number of rotatable bonds is 8. The molecule has 1 unspecified atom stereocenters. The monoisotopic (exact) mass is 338 g/mol. The van der Waals surface area contributed by atoms with Gasteiger partial charge in [0, 0.05) is 17.9 Å². The van der Waals surface area contributed by atoms with E-state index in [9.17, 15) is 9.90 Å². The van der Waals surface area contributed by atoms with Gasteiger partial charge >= 0.3 is 0 Å². The van der Waals surface area contributed by atoms with E-state index in [0.717, 1.165) is 12.8 Å². The van der Waals surface area contributed by atoms with Gasteiger partial charge in [-0.25, -0.2) is 0 Å². The summed E-state index contributed by atoms with van der Waals surface area (Å²) in [4.78, 5) is 11.6. The van der Waals surface area contributed by atoms with Crippen molar-refractivity contribution in [3.63, 3.8) is 0 Å². The maximum absolute atomic E-state index is 11.6. The van der Waals surface area contributed by atoms with Crippen LogP contribution < -0.4 is 0 Å². The topological polar surface area (TPSA) is 37.3 Å². The molecule has 2 rings (SSSR count). The molecule has 0 aromatic heterocycles. The van der Waals surface area contributed by atoms with Crippen LogP contribution in [-0.4, -0.2) is 32.1 Å². The number of aryl methyl sites for hydroxylation is 1. The highest BCUT2D eigenvalue weighted by Gasteiger charge is 2.35. The Morgan fingerprint density at radius 3 is 2.45 bits per heavy atom. The Balaban J connectivity index is 1.95. The molecule has 1 fully saturated rings. The van der Waals surface area contributed by atoms with Gasteiger partial charge in [0.2, 0.25) is 0 Å². The number of benzene rings is 1. The molecule has 22 heavy (non-hydrogen) atoms. The lowest BCUT2D eigenvalue weighted by Crippen LogP contribution is -2.34. The first-order valence-corrected chi connectivity index (χ1v) is 9.92. The molecular weight excluding hydrogens is 312 g/mol.